The number of Topliss-reactive ketones (excluding diaryl/α,β-unsaturated/α-hetero) is 1. The molecule has 2 rings (SSSR count). The zero-order valence-electron chi connectivity index (χ0n) is 8.29. The summed E-state index contributed by atoms with van der Waals surface area (Å²) in [7, 11) is 0. The van der Waals surface area contributed by atoms with Crippen molar-refractivity contribution in [1.29, 1.82) is 0 Å². The van der Waals surface area contributed by atoms with Crippen LogP contribution in [0, 0.1) is 0 Å². The first kappa shape index (κ1) is 9.51. The summed E-state index contributed by atoms with van der Waals surface area (Å²) in [5, 5.41) is 11.2. The predicted molar refractivity (Wildman–Crippen MR) is 53.5 cm³/mol. The Morgan fingerprint density at radius 2 is 2.07 bits per heavy atom. The van der Waals surface area contributed by atoms with Gasteiger partial charge in [0.25, 0.3) is 0 Å². The second-order valence-electron chi connectivity index (χ2n) is 3.22. The van der Waals surface area contributed by atoms with Gasteiger partial charge in [0.05, 0.1) is 12.1 Å². The van der Waals surface area contributed by atoms with E-state index in [1.165, 1.54) is 6.92 Å². The molecule has 0 bridgehead atoms. The fourth-order valence-corrected chi connectivity index (χ4v) is 1.31. The maximum atomic E-state index is 11.0. The largest absolute Gasteiger partial charge is 0.300 e. The zero-order valence-corrected chi connectivity index (χ0v) is 8.29. The number of tetrazole rings is 1. The molecule has 2 aromatic rings. The SMILES string of the molecule is CC(=O)Cc1nnnn1-c1ccccc1. The Bertz CT molecular complexity index is 463. The number of aromatic nitrogens is 4. The van der Waals surface area contributed by atoms with Gasteiger partial charge in [0.15, 0.2) is 5.82 Å². The number of carbonyl (C=O) groups is 1. The minimum absolute atomic E-state index is 0.0435. The second-order valence-corrected chi connectivity index (χ2v) is 3.22. The maximum Gasteiger partial charge on any atom is 0.164 e. The van der Waals surface area contributed by atoms with Gasteiger partial charge in [-0.25, -0.2) is 0 Å². The molecule has 0 atom stereocenters. The second kappa shape index (κ2) is 4.00. The maximum absolute atomic E-state index is 11.0. The van der Waals surface area contributed by atoms with Gasteiger partial charge in [-0.1, -0.05) is 18.2 Å². The van der Waals surface area contributed by atoms with E-state index in [-0.39, 0.29) is 12.2 Å². The third kappa shape index (κ3) is 2.07. The molecule has 76 valence electrons. The van der Waals surface area contributed by atoms with Crippen molar-refractivity contribution in [3.8, 4) is 5.69 Å². The van der Waals surface area contributed by atoms with Crippen LogP contribution in [-0.2, 0) is 11.2 Å². The van der Waals surface area contributed by atoms with E-state index in [1.807, 2.05) is 30.3 Å². The van der Waals surface area contributed by atoms with Crippen LogP contribution in [-0.4, -0.2) is 26.0 Å². The summed E-state index contributed by atoms with van der Waals surface area (Å²) < 4.78 is 1.57. The van der Waals surface area contributed by atoms with E-state index in [0.717, 1.165) is 5.69 Å². The smallest absolute Gasteiger partial charge is 0.164 e. The van der Waals surface area contributed by atoms with Crippen molar-refractivity contribution in [2.75, 3.05) is 0 Å². The number of ketones is 1. The number of hydrogen-bond donors (Lipinski definition) is 0. The Balaban J connectivity index is 2.37. The van der Waals surface area contributed by atoms with Gasteiger partial charge in [0.2, 0.25) is 0 Å². The van der Waals surface area contributed by atoms with Gasteiger partial charge < -0.3 is 0 Å². The van der Waals surface area contributed by atoms with E-state index in [2.05, 4.69) is 15.5 Å². The molecule has 0 saturated carbocycles. The van der Waals surface area contributed by atoms with Crippen molar-refractivity contribution in [3.63, 3.8) is 0 Å². The number of rotatable bonds is 3. The number of benzene rings is 1. The molecular weight excluding hydrogens is 192 g/mol. The van der Waals surface area contributed by atoms with Crippen LogP contribution in [0.1, 0.15) is 12.7 Å². The highest BCUT2D eigenvalue weighted by atomic mass is 16.1. The van der Waals surface area contributed by atoms with Gasteiger partial charge in [0, 0.05) is 0 Å². The van der Waals surface area contributed by atoms with Crippen LogP contribution in [0.25, 0.3) is 5.69 Å². The van der Waals surface area contributed by atoms with Crippen LogP contribution < -0.4 is 0 Å². The van der Waals surface area contributed by atoms with Crippen LogP contribution in [0.4, 0.5) is 0 Å². The fraction of sp³-hybridized carbons (Fsp3) is 0.200. The number of hydrogen-bond acceptors (Lipinski definition) is 4. The topological polar surface area (TPSA) is 60.7 Å². The Morgan fingerprint density at radius 3 is 2.73 bits per heavy atom. The van der Waals surface area contributed by atoms with Crippen molar-refractivity contribution in [2.24, 2.45) is 0 Å². The molecule has 0 radical (unpaired) electrons. The molecule has 0 aliphatic rings. The molecular formula is C10H10N4O. The average molecular weight is 202 g/mol. The standard InChI is InChI=1S/C10H10N4O/c1-8(15)7-10-11-12-13-14(10)9-5-3-2-4-6-9/h2-6H,7H2,1H3. The van der Waals surface area contributed by atoms with Gasteiger partial charge in [-0.15, -0.1) is 5.10 Å². The Kier molecular flexibility index (Phi) is 2.53. The molecule has 1 aromatic carbocycles. The molecule has 1 aromatic heterocycles. The van der Waals surface area contributed by atoms with Crippen LogP contribution in [0.5, 0.6) is 0 Å². The van der Waals surface area contributed by atoms with Gasteiger partial charge >= 0.3 is 0 Å². The normalized spacial score (nSPS) is 10.2. The Labute approximate surface area is 86.7 Å². The molecule has 0 spiro atoms. The first-order valence-corrected chi connectivity index (χ1v) is 4.59. The van der Waals surface area contributed by atoms with E-state index < -0.39 is 0 Å². The van der Waals surface area contributed by atoms with Crippen molar-refractivity contribution < 1.29 is 4.79 Å². The van der Waals surface area contributed by atoms with Crippen molar-refractivity contribution in [3.05, 3.63) is 36.2 Å². The third-order valence-corrected chi connectivity index (χ3v) is 1.94. The van der Waals surface area contributed by atoms with Crippen molar-refractivity contribution in [1.82, 2.24) is 20.2 Å². The molecule has 5 nitrogen and oxygen atoms in total. The fourth-order valence-electron chi connectivity index (χ4n) is 1.31. The molecule has 0 aliphatic carbocycles. The van der Waals surface area contributed by atoms with E-state index in [1.54, 1.807) is 4.68 Å². The summed E-state index contributed by atoms with van der Waals surface area (Å²) in [4.78, 5) is 11.0. The summed E-state index contributed by atoms with van der Waals surface area (Å²) in [6, 6.07) is 9.49. The van der Waals surface area contributed by atoms with E-state index in [0.29, 0.717) is 5.82 Å². The lowest BCUT2D eigenvalue weighted by atomic mass is 10.3. The monoisotopic (exact) mass is 202 g/mol. The molecule has 5 heteroatoms. The molecule has 0 amide bonds. The summed E-state index contributed by atoms with van der Waals surface area (Å²) in [6.07, 6.45) is 0.252. The van der Waals surface area contributed by atoms with Gasteiger partial charge in [0.1, 0.15) is 5.78 Å². The van der Waals surface area contributed by atoms with Gasteiger partial charge in [-0.3, -0.25) is 4.79 Å². The number of carbonyl (C=O) groups excluding carboxylic acids is 1. The highest BCUT2D eigenvalue weighted by Gasteiger charge is 2.09. The minimum atomic E-state index is 0.0435. The zero-order chi connectivity index (χ0) is 10.7. The molecule has 15 heavy (non-hydrogen) atoms. The lowest BCUT2D eigenvalue weighted by Crippen LogP contribution is -2.07. The van der Waals surface area contributed by atoms with Crippen molar-refractivity contribution in [2.45, 2.75) is 13.3 Å². The van der Waals surface area contributed by atoms with Crippen LogP contribution in [0.2, 0.25) is 0 Å². The van der Waals surface area contributed by atoms with Crippen LogP contribution in [0.15, 0.2) is 30.3 Å². The van der Waals surface area contributed by atoms with Gasteiger partial charge in [-0.2, -0.15) is 4.68 Å². The first-order chi connectivity index (χ1) is 7.27. The molecule has 0 aliphatic heterocycles. The summed E-state index contributed by atoms with van der Waals surface area (Å²) in [5.74, 6) is 0.607. The lowest BCUT2D eigenvalue weighted by molar-refractivity contribution is -0.116. The van der Waals surface area contributed by atoms with Gasteiger partial charge in [-0.05, 0) is 29.5 Å². The highest BCUT2D eigenvalue weighted by molar-refractivity contribution is 5.77. The molecule has 0 unspecified atom stereocenters. The quantitative estimate of drug-likeness (QED) is 0.738. The molecule has 0 saturated heterocycles. The Morgan fingerprint density at radius 1 is 1.33 bits per heavy atom. The average Bonchev–Trinajstić information content (AvgIpc) is 2.66. The summed E-state index contributed by atoms with van der Waals surface area (Å²) in [5.41, 5.74) is 0.860. The van der Waals surface area contributed by atoms with Crippen LogP contribution >= 0.6 is 0 Å². The minimum Gasteiger partial charge on any atom is -0.300 e. The number of para-hydroxylation sites is 1. The lowest BCUT2D eigenvalue weighted by Gasteiger charge is -2.01. The van der Waals surface area contributed by atoms with E-state index in [4.69, 9.17) is 0 Å². The predicted octanol–water partition coefficient (Wildman–Crippen LogP) is 0.794. The summed E-state index contributed by atoms with van der Waals surface area (Å²) >= 11 is 0. The van der Waals surface area contributed by atoms with E-state index in [9.17, 15) is 4.79 Å². The van der Waals surface area contributed by atoms with Crippen LogP contribution in [0.3, 0.4) is 0 Å². The number of nitrogens with zero attached hydrogens (tertiary/aromatic N) is 4. The third-order valence-electron chi connectivity index (χ3n) is 1.94. The molecule has 1 heterocycles. The molecule has 0 fully saturated rings. The van der Waals surface area contributed by atoms with Crippen molar-refractivity contribution >= 4 is 5.78 Å². The first-order valence-electron chi connectivity index (χ1n) is 4.59. The Hall–Kier alpha value is -2.04. The highest BCUT2D eigenvalue weighted by Crippen LogP contribution is 2.07. The molecule has 0 N–H and O–H groups in total. The van der Waals surface area contributed by atoms with E-state index >= 15 is 0 Å². The summed E-state index contributed by atoms with van der Waals surface area (Å²) in [6.45, 7) is 1.52.